The number of thiophene rings is 1. The lowest BCUT2D eigenvalue weighted by Gasteiger charge is -2.26. The van der Waals surface area contributed by atoms with Crippen LogP contribution in [0.3, 0.4) is 0 Å². The number of amides is 2. The second-order valence-electron chi connectivity index (χ2n) is 7.87. The van der Waals surface area contributed by atoms with Gasteiger partial charge in [0.15, 0.2) is 0 Å². The largest absolute Gasteiger partial charge is 0.497 e. The molecule has 0 saturated carbocycles. The minimum atomic E-state index is -0.128. The molecule has 3 aromatic rings. The Hall–Kier alpha value is -2.97. The van der Waals surface area contributed by atoms with E-state index in [9.17, 15) is 9.59 Å². The van der Waals surface area contributed by atoms with Crippen LogP contribution in [0.5, 0.6) is 5.75 Å². The number of rotatable bonds is 6. The Bertz CT molecular complexity index is 1130. The maximum Gasteiger partial charge on any atom is 0.266 e. The molecule has 2 aromatic heterocycles. The normalized spacial score (nSPS) is 13.9. The van der Waals surface area contributed by atoms with Crippen LogP contribution in [0, 0.1) is 13.8 Å². The number of benzene rings is 1. The van der Waals surface area contributed by atoms with Gasteiger partial charge in [0.1, 0.15) is 15.5 Å². The third-order valence-electron chi connectivity index (χ3n) is 5.54. The monoisotopic (exact) mass is 453 g/mol. The second kappa shape index (κ2) is 9.67. The summed E-state index contributed by atoms with van der Waals surface area (Å²) in [5.41, 5.74) is 3.51. The maximum absolute atomic E-state index is 13.3. The third kappa shape index (κ3) is 4.76. The Morgan fingerprint density at radius 1 is 1.19 bits per heavy atom. The molecule has 4 rings (SSSR count). The van der Waals surface area contributed by atoms with Crippen molar-refractivity contribution in [2.24, 2.45) is 0 Å². The smallest absolute Gasteiger partial charge is 0.266 e. The second-order valence-corrected chi connectivity index (χ2v) is 8.87. The quantitative estimate of drug-likeness (QED) is 0.611. The standard InChI is InChI=1S/C24H27N3O4S/c1-15-14-16(2)25-23-20(15)21(22(32-23)24(29)27-10-12-31-13-11-27)26-19(28)9-6-17-4-7-18(30-3)8-5-17/h4-5,7-8,14H,6,9-13H2,1-3H3,(H,26,28). The molecule has 0 unspecified atom stereocenters. The Morgan fingerprint density at radius 2 is 1.91 bits per heavy atom. The fraction of sp³-hybridized carbons (Fsp3) is 0.375. The Morgan fingerprint density at radius 3 is 2.59 bits per heavy atom. The van der Waals surface area contributed by atoms with Gasteiger partial charge >= 0.3 is 0 Å². The molecular formula is C24H27N3O4S. The summed E-state index contributed by atoms with van der Waals surface area (Å²) in [4.78, 5) is 33.9. The molecule has 32 heavy (non-hydrogen) atoms. The van der Waals surface area contributed by atoms with Crippen LogP contribution < -0.4 is 10.1 Å². The highest BCUT2D eigenvalue weighted by Crippen LogP contribution is 2.38. The zero-order valence-corrected chi connectivity index (χ0v) is 19.4. The molecule has 2 amide bonds. The molecule has 168 valence electrons. The van der Waals surface area contributed by atoms with Crippen molar-refractivity contribution in [2.45, 2.75) is 26.7 Å². The van der Waals surface area contributed by atoms with Gasteiger partial charge in [-0.25, -0.2) is 4.98 Å². The van der Waals surface area contributed by atoms with Crippen LogP contribution in [0.1, 0.15) is 32.9 Å². The molecule has 1 aromatic carbocycles. The minimum Gasteiger partial charge on any atom is -0.497 e. The molecule has 1 saturated heterocycles. The highest BCUT2D eigenvalue weighted by atomic mass is 32.1. The third-order valence-corrected chi connectivity index (χ3v) is 6.62. The van der Waals surface area contributed by atoms with Crippen LogP contribution in [-0.4, -0.2) is 55.1 Å². The van der Waals surface area contributed by atoms with Gasteiger partial charge in [-0.15, -0.1) is 11.3 Å². The van der Waals surface area contributed by atoms with E-state index in [-0.39, 0.29) is 11.8 Å². The summed E-state index contributed by atoms with van der Waals surface area (Å²) >= 11 is 1.34. The summed E-state index contributed by atoms with van der Waals surface area (Å²) in [5.74, 6) is 0.572. The highest BCUT2D eigenvalue weighted by molar-refractivity contribution is 7.21. The number of methoxy groups -OCH3 is 1. The van der Waals surface area contributed by atoms with Gasteiger partial charge in [-0.1, -0.05) is 12.1 Å². The Kier molecular flexibility index (Phi) is 6.72. The molecule has 0 atom stereocenters. The summed E-state index contributed by atoms with van der Waals surface area (Å²) in [5, 5.41) is 3.88. The number of carbonyl (C=O) groups is 2. The van der Waals surface area contributed by atoms with Crippen molar-refractivity contribution in [1.29, 1.82) is 0 Å². The molecule has 1 fully saturated rings. The van der Waals surface area contributed by atoms with Gasteiger partial charge in [-0.2, -0.15) is 0 Å². The number of hydrogen-bond donors (Lipinski definition) is 1. The van der Waals surface area contributed by atoms with E-state index in [4.69, 9.17) is 9.47 Å². The van der Waals surface area contributed by atoms with E-state index in [1.165, 1.54) is 11.3 Å². The van der Waals surface area contributed by atoms with Crippen LogP contribution in [0.25, 0.3) is 10.2 Å². The number of fused-ring (bicyclic) bond motifs is 1. The van der Waals surface area contributed by atoms with Gasteiger partial charge in [0.25, 0.3) is 5.91 Å². The summed E-state index contributed by atoms with van der Waals surface area (Å²) in [6.45, 7) is 6.06. The van der Waals surface area contributed by atoms with E-state index < -0.39 is 0 Å². The number of morpholine rings is 1. The highest BCUT2D eigenvalue weighted by Gasteiger charge is 2.27. The summed E-state index contributed by atoms with van der Waals surface area (Å²) < 4.78 is 10.6. The van der Waals surface area contributed by atoms with E-state index in [0.717, 1.165) is 32.8 Å². The predicted molar refractivity (Wildman–Crippen MR) is 126 cm³/mol. The van der Waals surface area contributed by atoms with Crippen molar-refractivity contribution in [2.75, 3.05) is 38.7 Å². The number of aromatic nitrogens is 1. The van der Waals surface area contributed by atoms with Gasteiger partial charge in [-0.05, 0) is 49.6 Å². The van der Waals surface area contributed by atoms with Crippen molar-refractivity contribution < 1.29 is 19.1 Å². The first-order valence-electron chi connectivity index (χ1n) is 10.7. The topological polar surface area (TPSA) is 80.8 Å². The maximum atomic E-state index is 13.3. The van der Waals surface area contributed by atoms with Gasteiger partial charge in [0.05, 0.1) is 26.0 Å². The average Bonchev–Trinajstić information content (AvgIpc) is 3.16. The Labute approximate surface area is 191 Å². The molecule has 0 radical (unpaired) electrons. The minimum absolute atomic E-state index is 0.0844. The van der Waals surface area contributed by atoms with E-state index in [2.05, 4.69) is 10.3 Å². The van der Waals surface area contributed by atoms with Crippen LogP contribution in [0.2, 0.25) is 0 Å². The average molecular weight is 454 g/mol. The lowest BCUT2D eigenvalue weighted by molar-refractivity contribution is -0.116. The molecular weight excluding hydrogens is 426 g/mol. The van der Waals surface area contributed by atoms with Crippen LogP contribution >= 0.6 is 11.3 Å². The predicted octanol–water partition coefficient (Wildman–Crippen LogP) is 3.97. The van der Waals surface area contributed by atoms with Gasteiger partial charge < -0.3 is 19.7 Å². The van der Waals surface area contributed by atoms with Crippen molar-refractivity contribution in [3.05, 3.63) is 52.0 Å². The number of hydrogen-bond acceptors (Lipinski definition) is 6. The van der Waals surface area contributed by atoms with Crippen molar-refractivity contribution in [1.82, 2.24) is 9.88 Å². The molecule has 0 bridgehead atoms. The molecule has 8 heteroatoms. The number of nitrogens with one attached hydrogen (secondary N) is 1. The van der Waals surface area contributed by atoms with E-state index in [1.54, 1.807) is 12.0 Å². The molecule has 1 N–H and O–H groups in total. The van der Waals surface area contributed by atoms with Crippen molar-refractivity contribution in [3.8, 4) is 5.75 Å². The molecule has 0 spiro atoms. The fourth-order valence-corrected chi connectivity index (χ4v) is 5.09. The zero-order valence-electron chi connectivity index (χ0n) is 18.6. The van der Waals surface area contributed by atoms with E-state index in [0.29, 0.717) is 49.7 Å². The number of anilines is 1. The number of pyridine rings is 1. The number of carbonyl (C=O) groups excluding carboxylic acids is 2. The summed E-state index contributed by atoms with van der Waals surface area (Å²) in [7, 11) is 1.63. The van der Waals surface area contributed by atoms with Crippen LogP contribution in [-0.2, 0) is 16.0 Å². The molecule has 3 heterocycles. The fourth-order valence-electron chi connectivity index (χ4n) is 3.87. The van der Waals surface area contributed by atoms with Crippen molar-refractivity contribution >= 4 is 39.1 Å². The summed E-state index contributed by atoms with van der Waals surface area (Å²) in [6, 6.07) is 9.66. The number of ether oxygens (including phenoxy) is 2. The zero-order chi connectivity index (χ0) is 22.7. The lowest BCUT2D eigenvalue weighted by Crippen LogP contribution is -2.40. The first-order chi connectivity index (χ1) is 15.5. The van der Waals surface area contributed by atoms with Gasteiger partial charge in [-0.3, -0.25) is 9.59 Å². The first kappa shape index (κ1) is 22.2. The first-order valence-corrected chi connectivity index (χ1v) is 11.5. The van der Waals surface area contributed by atoms with Gasteiger partial charge in [0, 0.05) is 30.6 Å². The van der Waals surface area contributed by atoms with E-state index >= 15 is 0 Å². The number of aryl methyl sites for hydroxylation is 3. The number of nitrogens with zero attached hydrogens (tertiary/aromatic N) is 2. The van der Waals surface area contributed by atoms with Crippen LogP contribution in [0.15, 0.2) is 30.3 Å². The van der Waals surface area contributed by atoms with Crippen LogP contribution in [0.4, 0.5) is 5.69 Å². The SMILES string of the molecule is COc1ccc(CCC(=O)Nc2c(C(=O)N3CCOCC3)sc3nc(C)cc(C)c23)cc1. The molecule has 1 aliphatic heterocycles. The molecule has 7 nitrogen and oxygen atoms in total. The Balaban J connectivity index is 1.59. The van der Waals surface area contributed by atoms with E-state index in [1.807, 2.05) is 44.2 Å². The van der Waals surface area contributed by atoms with Gasteiger partial charge in [0.2, 0.25) is 5.91 Å². The molecule has 0 aliphatic carbocycles. The molecule has 1 aliphatic rings. The summed E-state index contributed by atoms with van der Waals surface area (Å²) in [6.07, 6.45) is 0.911. The van der Waals surface area contributed by atoms with Crippen molar-refractivity contribution in [3.63, 3.8) is 0 Å². The lowest BCUT2D eigenvalue weighted by atomic mass is 10.1.